The minimum absolute atomic E-state index is 0.317. The van der Waals surface area contributed by atoms with E-state index in [1.165, 1.54) is 51.4 Å². The lowest BCUT2D eigenvalue weighted by Crippen LogP contribution is -2.31. The van der Waals surface area contributed by atoms with Crippen LogP contribution in [0.25, 0.3) is 0 Å². The lowest BCUT2D eigenvalue weighted by Gasteiger charge is -2.22. The molecule has 2 heteroatoms. The van der Waals surface area contributed by atoms with Gasteiger partial charge in [0.25, 0.3) is 0 Å². The molecule has 0 aliphatic heterocycles. The van der Waals surface area contributed by atoms with Gasteiger partial charge in [0.05, 0.1) is 6.04 Å². The Bertz CT molecular complexity index is 335. The van der Waals surface area contributed by atoms with Crippen LogP contribution in [0, 0.1) is 6.92 Å². The molecule has 2 nitrogen and oxygen atoms in total. The van der Waals surface area contributed by atoms with Crippen LogP contribution in [0.2, 0.25) is 0 Å². The van der Waals surface area contributed by atoms with E-state index in [-0.39, 0.29) is 0 Å². The van der Waals surface area contributed by atoms with E-state index < -0.39 is 0 Å². The van der Waals surface area contributed by atoms with Gasteiger partial charge in [0.2, 0.25) is 0 Å². The molecule has 0 bridgehead atoms. The number of hydrogen-bond donors (Lipinski definition) is 1. The lowest BCUT2D eigenvalue weighted by molar-refractivity contribution is 0.345. The molecule has 0 fully saturated rings. The van der Waals surface area contributed by atoms with Crippen LogP contribution in [0.15, 0.2) is 16.5 Å². The van der Waals surface area contributed by atoms with Crippen molar-refractivity contribution in [2.75, 3.05) is 0 Å². The molecule has 20 heavy (non-hydrogen) atoms. The molecule has 0 spiro atoms. The maximum Gasteiger partial charge on any atom is 0.120 e. The molecular formula is C18H33NO. The first-order chi connectivity index (χ1) is 9.67. The van der Waals surface area contributed by atoms with Crippen LogP contribution < -0.4 is 5.32 Å². The Kier molecular flexibility index (Phi) is 8.68. The zero-order valence-corrected chi connectivity index (χ0v) is 13.9. The van der Waals surface area contributed by atoms with Gasteiger partial charge in [0.1, 0.15) is 11.5 Å². The number of furan rings is 1. The van der Waals surface area contributed by atoms with Crippen molar-refractivity contribution in [2.45, 2.75) is 91.1 Å². The fourth-order valence-corrected chi connectivity index (χ4v) is 2.71. The summed E-state index contributed by atoms with van der Waals surface area (Å²) in [5, 5.41) is 3.77. The molecule has 1 aromatic rings. The van der Waals surface area contributed by atoms with Gasteiger partial charge < -0.3 is 9.73 Å². The Morgan fingerprint density at radius 2 is 1.60 bits per heavy atom. The lowest BCUT2D eigenvalue weighted by atomic mass is 10.0. The molecule has 0 saturated heterocycles. The molecule has 0 aliphatic carbocycles. The van der Waals surface area contributed by atoms with Crippen LogP contribution >= 0.6 is 0 Å². The molecule has 1 atom stereocenters. The summed E-state index contributed by atoms with van der Waals surface area (Å²) in [5.74, 6) is 2.07. The Morgan fingerprint density at radius 1 is 1.00 bits per heavy atom. The summed E-state index contributed by atoms with van der Waals surface area (Å²) in [4.78, 5) is 0. The van der Waals surface area contributed by atoms with Crippen molar-refractivity contribution in [2.24, 2.45) is 0 Å². The summed E-state index contributed by atoms with van der Waals surface area (Å²) in [7, 11) is 0. The van der Waals surface area contributed by atoms with Crippen LogP contribution in [0.3, 0.4) is 0 Å². The third-order valence-corrected chi connectivity index (χ3v) is 3.99. The predicted molar refractivity (Wildman–Crippen MR) is 87.1 cm³/mol. The molecule has 0 aromatic carbocycles. The number of unbranched alkanes of at least 4 members (excludes halogenated alkanes) is 4. The highest BCUT2D eigenvalue weighted by atomic mass is 16.3. The minimum atomic E-state index is 0.317. The van der Waals surface area contributed by atoms with E-state index in [9.17, 15) is 0 Å². The third kappa shape index (κ3) is 6.60. The second kappa shape index (κ2) is 10.0. The number of hydrogen-bond acceptors (Lipinski definition) is 2. The molecule has 1 heterocycles. The van der Waals surface area contributed by atoms with Gasteiger partial charge in [-0.25, -0.2) is 0 Å². The van der Waals surface area contributed by atoms with Gasteiger partial charge in [-0.15, -0.1) is 0 Å². The van der Waals surface area contributed by atoms with Gasteiger partial charge in [-0.1, -0.05) is 52.4 Å². The molecule has 0 amide bonds. The molecule has 116 valence electrons. The van der Waals surface area contributed by atoms with E-state index in [1.54, 1.807) is 0 Å². The second-order valence-electron chi connectivity index (χ2n) is 6.03. The van der Waals surface area contributed by atoms with E-state index in [0.717, 1.165) is 11.5 Å². The summed E-state index contributed by atoms with van der Waals surface area (Å²) in [6.45, 7) is 8.77. The van der Waals surface area contributed by atoms with E-state index >= 15 is 0 Å². The first kappa shape index (κ1) is 17.3. The Balaban J connectivity index is 2.44. The first-order valence-corrected chi connectivity index (χ1v) is 8.49. The van der Waals surface area contributed by atoms with Crippen molar-refractivity contribution in [3.05, 3.63) is 23.7 Å². The monoisotopic (exact) mass is 279 g/mol. The molecule has 0 radical (unpaired) electrons. The molecule has 0 aliphatic rings. The largest absolute Gasteiger partial charge is 0.465 e. The van der Waals surface area contributed by atoms with Gasteiger partial charge in [-0.2, -0.15) is 0 Å². The standard InChI is InChI=1S/C18H33NO/c1-5-7-9-11-17(12-10-8-6-2)19-16(4)18-14-13-15(3)20-18/h13-14,16-17,19H,5-12H2,1-4H3. The molecule has 0 saturated carbocycles. The Morgan fingerprint density at radius 3 is 2.05 bits per heavy atom. The number of nitrogens with one attached hydrogen (secondary N) is 1. The van der Waals surface area contributed by atoms with Crippen LogP contribution in [0.4, 0.5) is 0 Å². The van der Waals surface area contributed by atoms with Gasteiger partial charge in [-0.3, -0.25) is 0 Å². The van der Waals surface area contributed by atoms with E-state index in [4.69, 9.17) is 4.42 Å². The quantitative estimate of drug-likeness (QED) is 0.520. The summed E-state index contributed by atoms with van der Waals surface area (Å²) in [6, 6.07) is 5.10. The number of rotatable bonds is 11. The average molecular weight is 279 g/mol. The van der Waals surface area contributed by atoms with Crippen molar-refractivity contribution < 1.29 is 4.42 Å². The molecule has 1 aromatic heterocycles. The van der Waals surface area contributed by atoms with Crippen molar-refractivity contribution in [1.29, 1.82) is 0 Å². The van der Waals surface area contributed by atoms with Crippen molar-refractivity contribution in [3.8, 4) is 0 Å². The van der Waals surface area contributed by atoms with Gasteiger partial charge in [0, 0.05) is 6.04 Å². The molecule has 1 N–H and O–H groups in total. The molecule has 1 unspecified atom stereocenters. The van der Waals surface area contributed by atoms with Crippen molar-refractivity contribution >= 4 is 0 Å². The second-order valence-corrected chi connectivity index (χ2v) is 6.03. The normalized spacial score (nSPS) is 13.1. The Labute approximate surface area is 125 Å². The van der Waals surface area contributed by atoms with Crippen molar-refractivity contribution in [3.63, 3.8) is 0 Å². The van der Waals surface area contributed by atoms with Crippen LogP contribution in [-0.4, -0.2) is 6.04 Å². The van der Waals surface area contributed by atoms with Gasteiger partial charge in [0.15, 0.2) is 0 Å². The highest BCUT2D eigenvalue weighted by Crippen LogP contribution is 2.19. The van der Waals surface area contributed by atoms with Crippen LogP contribution in [0.5, 0.6) is 0 Å². The average Bonchev–Trinajstić information content (AvgIpc) is 2.86. The third-order valence-electron chi connectivity index (χ3n) is 3.99. The minimum Gasteiger partial charge on any atom is -0.465 e. The number of aryl methyl sites for hydroxylation is 1. The van der Waals surface area contributed by atoms with E-state index in [2.05, 4.69) is 38.2 Å². The highest BCUT2D eigenvalue weighted by molar-refractivity contribution is 5.09. The fourth-order valence-electron chi connectivity index (χ4n) is 2.71. The predicted octanol–water partition coefficient (Wildman–Crippen LogP) is 5.77. The summed E-state index contributed by atoms with van der Waals surface area (Å²) in [6.07, 6.45) is 10.6. The zero-order valence-electron chi connectivity index (χ0n) is 13.9. The van der Waals surface area contributed by atoms with Crippen molar-refractivity contribution in [1.82, 2.24) is 5.32 Å². The van der Waals surface area contributed by atoms with E-state index in [1.807, 2.05) is 6.92 Å². The van der Waals surface area contributed by atoms with Gasteiger partial charge >= 0.3 is 0 Å². The summed E-state index contributed by atoms with van der Waals surface area (Å²) >= 11 is 0. The molecular weight excluding hydrogens is 246 g/mol. The topological polar surface area (TPSA) is 25.2 Å². The van der Waals surface area contributed by atoms with Crippen LogP contribution in [0.1, 0.15) is 89.7 Å². The SMILES string of the molecule is CCCCCC(CCCCC)NC(C)c1ccc(C)o1. The Hall–Kier alpha value is -0.760. The summed E-state index contributed by atoms with van der Waals surface area (Å²) < 4.78 is 5.73. The maximum atomic E-state index is 5.73. The van der Waals surface area contributed by atoms with Crippen LogP contribution in [-0.2, 0) is 0 Å². The zero-order chi connectivity index (χ0) is 14.8. The maximum absolute atomic E-state index is 5.73. The smallest absolute Gasteiger partial charge is 0.120 e. The molecule has 1 rings (SSSR count). The van der Waals surface area contributed by atoms with E-state index in [0.29, 0.717) is 12.1 Å². The first-order valence-electron chi connectivity index (χ1n) is 8.49. The van der Waals surface area contributed by atoms with Gasteiger partial charge in [-0.05, 0) is 38.8 Å². The fraction of sp³-hybridized carbons (Fsp3) is 0.778. The summed E-state index contributed by atoms with van der Waals surface area (Å²) in [5.41, 5.74) is 0. The highest BCUT2D eigenvalue weighted by Gasteiger charge is 2.15.